The van der Waals surface area contributed by atoms with Gasteiger partial charge in [-0.2, -0.15) is 0 Å². The highest BCUT2D eigenvalue weighted by Crippen LogP contribution is 2.41. The molecule has 0 spiro atoms. The van der Waals surface area contributed by atoms with Gasteiger partial charge in [0.25, 0.3) is 0 Å². The predicted molar refractivity (Wildman–Crippen MR) is 134 cm³/mol. The molecule has 0 bridgehead atoms. The van der Waals surface area contributed by atoms with Gasteiger partial charge >= 0.3 is 5.97 Å². The summed E-state index contributed by atoms with van der Waals surface area (Å²) in [7, 11) is -2.20. The Morgan fingerprint density at radius 3 is 2.30 bits per heavy atom. The first kappa shape index (κ1) is 27.1. The topological polar surface area (TPSA) is 99.0 Å². The summed E-state index contributed by atoms with van der Waals surface area (Å²) in [4.78, 5) is 11.1. The number of phenols is 1. The average Bonchev–Trinajstić information content (AvgIpc) is 2.66. The van der Waals surface area contributed by atoms with Crippen molar-refractivity contribution in [1.29, 1.82) is 0 Å². The van der Waals surface area contributed by atoms with Crippen LogP contribution in [0.4, 0.5) is 0 Å². The molecule has 2 aromatic carbocycles. The lowest BCUT2D eigenvalue weighted by Gasteiger charge is -2.46. The fourth-order valence-electron chi connectivity index (χ4n) is 3.76. The quantitative estimate of drug-likeness (QED) is 0.289. The van der Waals surface area contributed by atoms with E-state index in [0.717, 1.165) is 16.7 Å². The summed E-state index contributed by atoms with van der Waals surface area (Å²) in [6, 6.07) is 12.9. The molecule has 2 atom stereocenters. The number of nitrogens with one attached hydrogen (secondary N) is 1. The molecule has 0 amide bonds. The number of hydrogen-bond acceptors (Lipinski definition) is 5. The lowest BCUT2D eigenvalue weighted by molar-refractivity contribution is -0.136. The number of carbonyl (C=O) groups is 1. The molecule has 0 unspecified atom stereocenters. The summed E-state index contributed by atoms with van der Waals surface area (Å²) in [6.45, 7) is 14.8. The van der Waals surface area contributed by atoms with E-state index in [2.05, 4.69) is 46.1 Å². The van der Waals surface area contributed by atoms with E-state index in [-0.39, 0.29) is 29.9 Å². The fraction of sp³-hybridized carbons (Fsp3) is 0.500. The van der Waals surface area contributed by atoms with Crippen LogP contribution in [0.1, 0.15) is 56.9 Å². The highest BCUT2D eigenvalue weighted by atomic mass is 28.4. The molecule has 0 heterocycles. The molecule has 0 saturated heterocycles. The van der Waals surface area contributed by atoms with Gasteiger partial charge in [-0.05, 0) is 67.2 Å². The second-order valence-corrected chi connectivity index (χ2v) is 15.3. The Hall–Kier alpha value is -2.19. The SMILES string of the molecule is C[C@H](Cc1cccc(CC(=O)O)c1)N[C@@](C)(O[Si](C)(C)C(C)(C)C)c1ccc(O)c(CO)c1. The van der Waals surface area contributed by atoms with Gasteiger partial charge in [0.2, 0.25) is 0 Å². The first-order valence-corrected chi connectivity index (χ1v) is 14.3. The lowest BCUT2D eigenvalue weighted by Crippen LogP contribution is -2.55. The summed E-state index contributed by atoms with van der Waals surface area (Å²) < 4.78 is 6.89. The third-order valence-corrected chi connectivity index (χ3v) is 11.0. The van der Waals surface area contributed by atoms with E-state index in [1.807, 2.05) is 37.3 Å². The molecule has 0 fully saturated rings. The number of aromatic hydroxyl groups is 1. The number of aliphatic carboxylic acids is 1. The van der Waals surface area contributed by atoms with Crippen LogP contribution >= 0.6 is 0 Å². The van der Waals surface area contributed by atoms with Gasteiger partial charge in [-0.25, -0.2) is 0 Å². The maximum Gasteiger partial charge on any atom is 0.307 e. The zero-order valence-corrected chi connectivity index (χ0v) is 21.9. The minimum absolute atomic E-state index is 0.000701. The van der Waals surface area contributed by atoms with Crippen molar-refractivity contribution in [1.82, 2.24) is 5.32 Å². The van der Waals surface area contributed by atoms with E-state index in [1.165, 1.54) is 0 Å². The van der Waals surface area contributed by atoms with Crippen molar-refractivity contribution in [2.24, 2.45) is 0 Å². The summed E-state index contributed by atoms with van der Waals surface area (Å²) in [6.07, 6.45) is 0.689. The van der Waals surface area contributed by atoms with Gasteiger partial charge in [0.05, 0.1) is 13.0 Å². The molecule has 2 rings (SSSR count). The van der Waals surface area contributed by atoms with Gasteiger partial charge < -0.3 is 19.7 Å². The molecule has 0 aliphatic rings. The second kappa shape index (κ2) is 10.4. The van der Waals surface area contributed by atoms with E-state index in [9.17, 15) is 15.0 Å². The van der Waals surface area contributed by atoms with Crippen LogP contribution in [-0.4, -0.2) is 35.6 Å². The summed E-state index contributed by atoms with van der Waals surface area (Å²) in [5, 5.41) is 32.5. The Morgan fingerprint density at radius 1 is 1.09 bits per heavy atom. The Kier molecular flexibility index (Phi) is 8.51. The molecule has 182 valence electrons. The zero-order chi connectivity index (χ0) is 25.0. The van der Waals surface area contributed by atoms with Crippen molar-refractivity contribution < 1.29 is 24.5 Å². The standard InChI is InChI=1S/C26H39NO5Si/c1-18(13-19-9-8-10-20(14-19)15-24(30)31)27-26(5,32-33(6,7)25(2,3)4)22-11-12-23(29)21(16-22)17-28/h8-12,14,16,18,27-29H,13,15,17H2,1-7H3,(H,30,31)/t18-,26+/m1/s1. The van der Waals surface area contributed by atoms with Crippen molar-refractivity contribution in [3.63, 3.8) is 0 Å². The normalized spacial score (nSPS) is 15.2. The molecule has 7 heteroatoms. The minimum atomic E-state index is -2.20. The van der Waals surface area contributed by atoms with Gasteiger partial charge in [0, 0.05) is 11.6 Å². The van der Waals surface area contributed by atoms with E-state index in [1.54, 1.807) is 12.1 Å². The van der Waals surface area contributed by atoms with Crippen LogP contribution in [0.3, 0.4) is 0 Å². The molecule has 0 aliphatic carbocycles. The molecule has 6 nitrogen and oxygen atoms in total. The third-order valence-electron chi connectivity index (χ3n) is 6.48. The van der Waals surface area contributed by atoms with Crippen molar-refractivity contribution in [2.45, 2.75) is 84.0 Å². The summed E-state index contributed by atoms with van der Waals surface area (Å²) in [5.74, 6) is -0.792. The van der Waals surface area contributed by atoms with Crippen LogP contribution in [0.15, 0.2) is 42.5 Å². The molecule has 2 aromatic rings. The number of carboxylic acid groups (broad SMARTS) is 1. The van der Waals surface area contributed by atoms with Crippen LogP contribution < -0.4 is 5.32 Å². The fourth-order valence-corrected chi connectivity index (χ4v) is 5.26. The molecule has 33 heavy (non-hydrogen) atoms. The smallest absolute Gasteiger partial charge is 0.307 e. The molecule has 4 N–H and O–H groups in total. The van der Waals surface area contributed by atoms with Crippen LogP contribution in [0.5, 0.6) is 5.75 Å². The lowest BCUT2D eigenvalue weighted by atomic mass is 9.98. The Bertz CT molecular complexity index is 969. The van der Waals surface area contributed by atoms with Crippen LogP contribution in [0.25, 0.3) is 0 Å². The van der Waals surface area contributed by atoms with Crippen LogP contribution in [0, 0.1) is 0 Å². The first-order valence-electron chi connectivity index (χ1n) is 11.4. The number of benzene rings is 2. The number of aliphatic hydroxyl groups excluding tert-OH is 1. The first-order chi connectivity index (χ1) is 15.2. The predicted octanol–water partition coefficient (Wildman–Crippen LogP) is 4.93. The van der Waals surface area contributed by atoms with Crippen molar-refractivity contribution in [3.8, 4) is 5.75 Å². The Balaban J connectivity index is 2.37. The maximum absolute atomic E-state index is 11.1. The maximum atomic E-state index is 11.1. The van der Waals surface area contributed by atoms with E-state index < -0.39 is 20.0 Å². The largest absolute Gasteiger partial charge is 0.508 e. The monoisotopic (exact) mass is 473 g/mol. The summed E-state index contributed by atoms with van der Waals surface area (Å²) in [5.41, 5.74) is 2.26. The Morgan fingerprint density at radius 2 is 1.73 bits per heavy atom. The molecule has 0 aliphatic heterocycles. The van der Waals surface area contributed by atoms with Crippen molar-refractivity contribution in [3.05, 3.63) is 64.7 Å². The molecular weight excluding hydrogens is 434 g/mol. The average molecular weight is 474 g/mol. The van der Waals surface area contributed by atoms with Gasteiger partial charge in [-0.3, -0.25) is 10.1 Å². The van der Waals surface area contributed by atoms with Crippen molar-refractivity contribution in [2.75, 3.05) is 0 Å². The Labute approximate surface area is 198 Å². The number of rotatable bonds is 10. The van der Waals surface area contributed by atoms with Crippen molar-refractivity contribution >= 4 is 14.3 Å². The van der Waals surface area contributed by atoms with E-state index in [4.69, 9.17) is 9.53 Å². The third kappa shape index (κ3) is 7.14. The number of carboxylic acids is 1. The highest BCUT2D eigenvalue weighted by molar-refractivity contribution is 6.74. The molecule has 0 radical (unpaired) electrons. The summed E-state index contributed by atoms with van der Waals surface area (Å²) >= 11 is 0. The number of aliphatic hydroxyl groups is 1. The minimum Gasteiger partial charge on any atom is -0.508 e. The van der Waals surface area contributed by atoms with E-state index in [0.29, 0.717) is 12.0 Å². The van der Waals surface area contributed by atoms with Gasteiger partial charge in [-0.15, -0.1) is 0 Å². The van der Waals surface area contributed by atoms with Crippen LogP contribution in [-0.2, 0) is 34.4 Å². The molecular formula is C26H39NO5Si. The molecule has 0 aromatic heterocycles. The molecule has 0 saturated carbocycles. The van der Waals surface area contributed by atoms with Gasteiger partial charge in [0.1, 0.15) is 11.5 Å². The van der Waals surface area contributed by atoms with Gasteiger partial charge in [-0.1, -0.05) is 51.1 Å². The van der Waals surface area contributed by atoms with E-state index >= 15 is 0 Å². The second-order valence-electron chi connectivity index (χ2n) is 10.5. The van der Waals surface area contributed by atoms with Gasteiger partial charge in [0.15, 0.2) is 8.32 Å². The number of hydrogen-bond donors (Lipinski definition) is 4. The highest BCUT2D eigenvalue weighted by Gasteiger charge is 2.44. The van der Waals surface area contributed by atoms with Crippen LogP contribution in [0.2, 0.25) is 18.1 Å². The zero-order valence-electron chi connectivity index (χ0n) is 20.9.